The van der Waals surface area contributed by atoms with Crippen LogP contribution < -0.4 is 15.0 Å². The Balaban J connectivity index is 1.72. The molecule has 1 saturated heterocycles. The van der Waals surface area contributed by atoms with Crippen LogP contribution in [0.15, 0.2) is 60.2 Å². The molecule has 1 aliphatic rings. The van der Waals surface area contributed by atoms with Crippen molar-refractivity contribution in [3.63, 3.8) is 0 Å². The summed E-state index contributed by atoms with van der Waals surface area (Å²) in [6, 6.07) is 16.5. The predicted molar refractivity (Wildman–Crippen MR) is 134 cm³/mol. The highest BCUT2D eigenvalue weighted by molar-refractivity contribution is 7.80. The fourth-order valence-electron chi connectivity index (χ4n) is 3.85. The highest BCUT2D eigenvalue weighted by atomic mass is 35.5. The molecular formula is C25H22ClN3O3S. The Kier molecular flexibility index (Phi) is 6.35. The highest BCUT2D eigenvalue weighted by Crippen LogP contribution is 2.27. The van der Waals surface area contributed by atoms with Crippen LogP contribution in [0, 0.1) is 13.8 Å². The number of nitrogens with zero attached hydrogens (tertiary/aromatic N) is 2. The first-order chi connectivity index (χ1) is 15.8. The Labute approximate surface area is 202 Å². The van der Waals surface area contributed by atoms with Crippen LogP contribution in [0.5, 0.6) is 5.75 Å². The fraction of sp³-hybridized carbons (Fsp3) is 0.160. The van der Waals surface area contributed by atoms with Crippen molar-refractivity contribution in [1.82, 2.24) is 9.88 Å². The maximum absolute atomic E-state index is 13.3. The molecule has 168 valence electrons. The van der Waals surface area contributed by atoms with E-state index in [1.165, 1.54) is 4.90 Å². The number of thiocarbonyl (C=S) groups is 1. The number of halogens is 1. The highest BCUT2D eigenvalue weighted by Gasteiger charge is 2.34. The number of hydrogen-bond donors (Lipinski definition) is 1. The summed E-state index contributed by atoms with van der Waals surface area (Å²) in [4.78, 5) is 27.2. The van der Waals surface area contributed by atoms with Gasteiger partial charge in [-0.15, -0.1) is 0 Å². The smallest absolute Gasteiger partial charge is 0.270 e. The van der Waals surface area contributed by atoms with E-state index in [0.717, 1.165) is 28.4 Å². The van der Waals surface area contributed by atoms with Crippen LogP contribution in [0.25, 0.3) is 11.8 Å². The fourth-order valence-corrected chi connectivity index (χ4v) is 4.32. The third kappa shape index (κ3) is 4.42. The van der Waals surface area contributed by atoms with Gasteiger partial charge in [-0.2, -0.15) is 0 Å². The number of nitrogens with one attached hydrogen (secondary N) is 1. The van der Waals surface area contributed by atoms with Gasteiger partial charge < -0.3 is 9.30 Å². The normalized spacial score (nSPS) is 15.2. The lowest BCUT2D eigenvalue weighted by molar-refractivity contribution is -0.122. The summed E-state index contributed by atoms with van der Waals surface area (Å²) in [6.45, 7) is 6.46. The van der Waals surface area contributed by atoms with E-state index in [1.807, 2.05) is 51.1 Å². The molecule has 1 aromatic heterocycles. The number of benzene rings is 2. The summed E-state index contributed by atoms with van der Waals surface area (Å²) in [5, 5.41) is 3.08. The maximum atomic E-state index is 13.3. The van der Waals surface area contributed by atoms with E-state index in [-0.39, 0.29) is 10.7 Å². The average Bonchev–Trinajstić information content (AvgIpc) is 3.05. The quantitative estimate of drug-likeness (QED) is 0.318. The molecule has 33 heavy (non-hydrogen) atoms. The molecule has 2 aromatic carbocycles. The summed E-state index contributed by atoms with van der Waals surface area (Å²) in [6.07, 6.45) is 1.60. The van der Waals surface area contributed by atoms with Gasteiger partial charge in [-0.25, -0.2) is 0 Å². The molecule has 0 saturated carbocycles. The van der Waals surface area contributed by atoms with E-state index in [2.05, 4.69) is 9.88 Å². The molecule has 1 aliphatic heterocycles. The molecule has 0 spiro atoms. The summed E-state index contributed by atoms with van der Waals surface area (Å²) >= 11 is 11.3. The molecule has 0 radical (unpaired) electrons. The first-order valence-corrected chi connectivity index (χ1v) is 11.2. The Morgan fingerprint density at radius 1 is 1.06 bits per heavy atom. The van der Waals surface area contributed by atoms with Crippen molar-refractivity contribution in [1.29, 1.82) is 0 Å². The van der Waals surface area contributed by atoms with Gasteiger partial charge in [-0.05, 0) is 93.2 Å². The van der Waals surface area contributed by atoms with Crippen molar-refractivity contribution < 1.29 is 14.3 Å². The van der Waals surface area contributed by atoms with Crippen molar-refractivity contribution in [2.24, 2.45) is 0 Å². The number of anilines is 1. The molecule has 0 aliphatic carbocycles. The second-order valence-corrected chi connectivity index (χ2v) is 8.35. The van der Waals surface area contributed by atoms with Gasteiger partial charge in [0.05, 0.1) is 12.3 Å². The Morgan fingerprint density at radius 2 is 1.79 bits per heavy atom. The van der Waals surface area contributed by atoms with E-state index < -0.39 is 11.8 Å². The lowest BCUT2D eigenvalue weighted by Crippen LogP contribution is -2.54. The molecule has 8 heteroatoms. The van der Waals surface area contributed by atoms with Gasteiger partial charge in [0, 0.05) is 22.1 Å². The van der Waals surface area contributed by atoms with Crippen molar-refractivity contribution in [2.75, 3.05) is 11.5 Å². The molecule has 1 N–H and O–H groups in total. The van der Waals surface area contributed by atoms with Crippen LogP contribution in [0.2, 0.25) is 5.02 Å². The predicted octanol–water partition coefficient (Wildman–Crippen LogP) is 4.98. The number of carbonyl (C=O) groups excluding carboxylic acids is 2. The van der Waals surface area contributed by atoms with Crippen molar-refractivity contribution >= 4 is 52.5 Å². The molecule has 2 heterocycles. The molecular weight excluding hydrogens is 458 g/mol. The number of carbonyl (C=O) groups is 2. The van der Waals surface area contributed by atoms with Crippen molar-refractivity contribution in [3.05, 3.63) is 82.1 Å². The number of hydrogen-bond acceptors (Lipinski definition) is 4. The van der Waals surface area contributed by atoms with E-state index in [9.17, 15) is 9.59 Å². The van der Waals surface area contributed by atoms with Gasteiger partial charge >= 0.3 is 0 Å². The van der Waals surface area contributed by atoms with Crippen LogP contribution in [0.1, 0.15) is 23.9 Å². The molecule has 6 nitrogen and oxygen atoms in total. The van der Waals surface area contributed by atoms with Crippen LogP contribution in [-0.2, 0) is 9.59 Å². The maximum Gasteiger partial charge on any atom is 0.270 e. The zero-order valence-electron chi connectivity index (χ0n) is 18.4. The monoisotopic (exact) mass is 479 g/mol. The second-order valence-electron chi connectivity index (χ2n) is 7.53. The standard InChI is InChI=1S/C25H22ClN3O3S/c1-4-32-21-10-8-19(9-11-21)28-15(2)12-17(16(28)3)13-22-23(30)27-25(33)29(24(22)31)20-7-5-6-18(26)14-20/h5-14H,4H2,1-3H3,(H,27,30,33)/b22-13+. The minimum Gasteiger partial charge on any atom is -0.494 e. The molecule has 4 rings (SSSR count). The number of amides is 2. The van der Waals surface area contributed by atoms with Crippen LogP contribution >= 0.6 is 23.8 Å². The molecule has 0 bridgehead atoms. The Hall–Kier alpha value is -3.42. The number of aromatic nitrogens is 1. The molecule has 0 atom stereocenters. The third-order valence-corrected chi connectivity index (χ3v) is 5.86. The number of rotatable bonds is 5. The minimum absolute atomic E-state index is 0.00415. The summed E-state index contributed by atoms with van der Waals surface area (Å²) in [5.74, 6) is -0.237. The summed E-state index contributed by atoms with van der Waals surface area (Å²) in [7, 11) is 0. The largest absolute Gasteiger partial charge is 0.494 e. The Bertz CT molecular complexity index is 1290. The SMILES string of the molecule is CCOc1ccc(-n2c(C)cc(/C=C3\C(=O)NC(=S)N(c4cccc(Cl)c4)C3=O)c2C)cc1. The van der Waals surface area contributed by atoms with E-state index in [4.69, 9.17) is 28.6 Å². The van der Waals surface area contributed by atoms with Crippen LogP contribution in [0.3, 0.4) is 0 Å². The van der Waals surface area contributed by atoms with E-state index in [0.29, 0.717) is 17.3 Å². The van der Waals surface area contributed by atoms with Crippen molar-refractivity contribution in [3.8, 4) is 11.4 Å². The van der Waals surface area contributed by atoms with E-state index >= 15 is 0 Å². The zero-order chi connectivity index (χ0) is 23.7. The van der Waals surface area contributed by atoms with Crippen LogP contribution in [-0.4, -0.2) is 28.1 Å². The van der Waals surface area contributed by atoms with Crippen molar-refractivity contribution in [2.45, 2.75) is 20.8 Å². The summed E-state index contributed by atoms with van der Waals surface area (Å²) < 4.78 is 7.59. The summed E-state index contributed by atoms with van der Waals surface area (Å²) in [5.41, 5.74) is 4.07. The van der Waals surface area contributed by atoms with Gasteiger partial charge in [0.2, 0.25) is 0 Å². The first kappa shape index (κ1) is 22.8. The molecule has 1 fully saturated rings. The zero-order valence-corrected chi connectivity index (χ0v) is 20.0. The molecule has 2 amide bonds. The van der Waals surface area contributed by atoms with E-state index in [1.54, 1.807) is 30.3 Å². The van der Waals surface area contributed by atoms with Gasteiger partial charge in [0.25, 0.3) is 11.8 Å². The van der Waals surface area contributed by atoms with Gasteiger partial charge in [-0.1, -0.05) is 17.7 Å². The number of aryl methyl sites for hydroxylation is 1. The topological polar surface area (TPSA) is 63.6 Å². The lowest BCUT2D eigenvalue weighted by Gasteiger charge is -2.29. The van der Waals surface area contributed by atoms with Gasteiger partial charge in [0.15, 0.2) is 5.11 Å². The molecule has 3 aromatic rings. The van der Waals surface area contributed by atoms with Crippen LogP contribution in [0.4, 0.5) is 5.69 Å². The second kappa shape index (κ2) is 9.21. The minimum atomic E-state index is -0.533. The third-order valence-electron chi connectivity index (χ3n) is 5.34. The average molecular weight is 480 g/mol. The van der Waals surface area contributed by atoms with Gasteiger partial charge in [-0.3, -0.25) is 19.8 Å². The number of ether oxygens (including phenoxy) is 1. The first-order valence-electron chi connectivity index (χ1n) is 10.4. The molecule has 0 unspecified atom stereocenters. The Morgan fingerprint density at radius 3 is 2.45 bits per heavy atom. The lowest BCUT2D eigenvalue weighted by atomic mass is 10.1. The van der Waals surface area contributed by atoms with Gasteiger partial charge in [0.1, 0.15) is 11.3 Å².